The molecule has 7 heteroatoms. The third-order valence-corrected chi connectivity index (χ3v) is 7.33. The lowest BCUT2D eigenvalue weighted by Crippen LogP contribution is -2.44. The molecule has 3 rings (SSSR count). The van der Waals surface area contributed by atoms with Crippen molar-refractivity contribution in [2.75, 3.05) is 32.6 Å². The van der Waals surface area contributed by atoms with E-state index in [9.17, 15) is 8.42 Å². The third-order valence-electron chi connectivity index (χ3n) is 3.99. The first kappa shape index (κ1) is 15.1. The molecule has 1 spiro atoms. The van der Waals surface area contributed by atoms with E-state index in [1.54, 1.807) is 35.7 Å². The number of hydrogen-bond acceptors (Lipinski definition) is 5. The number of nitrogens with zero attached hydrogens (tertiary/aromatic N) is 1. The highest BCUT2D eigenvalue weighted by Gasteiger charge is 2.42. The minimum Gasteiger partial charge on any atom is -0.497 e. The van der Waals surface area contributed by atoms with Crippen LogP contribution in [0.5, 0.6) is 5.75 Å². The highest BCUT2D eigenvalue weighted by molar-refractivity contribution is 8.00. The molecular formula is C14H19NO4S2. The molecule has 0 N–H and O–H groups in total. The molecule has 1 aromatic rings. The lowest BCUT2D eigenvalue weighted by atomic mass is 10.1. The van der Waals surface area contributed by atoms with Crippen LogP contribution in [0.15, 0.2) is 29.2 Å². The fourth-order valence-corrected chi connectivity index (χ4v) is 5.37. The Bertz CT molecular complexity index is 584. The summed E-state index contributed by atoms with van der Waals surface area (Å²) in [5.41, 5.74) is 0. The number of thioether (sulfide) groups is 1. The van der Waals surface area contributed by atoms with Crippen LogP contribution >= 0.6 is 11.8 Å². The standard InChI is InChI=1S/C14H19NO4S2/c1-18-12-2-4-13(5-3-12)21(16,17)15-8-6-14(7-9-15)19-10-11-20-14/h2-5H,6-11H2,1H3. The van der Waals surface area contributed by atoms with Crippen LogP contribution < -0.4 is 4.74 Å². The van der Waals surface area contributed by atoms with Crippen molar-refractivity contribution in [2.45, 2.75) is 22.7 Å². The molecule has 0 aromatic heterocycles. The van der Waals surface area contributed by atoms with E-state index in [0.717, 1.165) is 25.2 Å². The van der Waals surface area contributed by atoms with Gasteiger partial charge in [-0.05, 0) is 37.1 Å². The predicted octanol–water partition coefficient (Wildman–Crippen LogP) is 1.94. The Kier molecular flexibility index (Phi) is 4.18. The Hall–Kier alpha value is -0.760. The molecular weight excluding hydrogens is 310 g/mol. The second-order valence-corrected chi connectivity index (χ2v) is 8.57. The van der Waals surface area contributed by atoms with Crippen LogP contribution in [0.25, 0.3) is 0 Å². The molecule has 0 atom stereocenters. The Labute approximate surface area is 129 Å². The minimum atomic E-state index is -3.42. The maximum atomic E-state index is 12.6. The van der Waals surface area contributed by atoms with E-state index in [1.165, 1.54) is 0 Å². The van der Waals surface area contributed by atoms with E-state index in [4.69, 9.17) is 9.47 Å². The Morgan fingerprint density at radius 2 is 1.90 bits per heavy atom. The van der Waals surface area contributed by atoms with Gasteiger partial charge in [0.05, 0.1) is 18.6 Å². The molecule has 0 aliphatic carbocycles. The van der Waals surface area contributed by atoms with Crippen molar-refractivity contribution in [3.8, 4) is 5.75 Å². The van der Waals surface area contributed by atoms with E-state index in [-0.39, 0.29) is 4.93 Å². The van der Waals surface area contributed by atoms with Gasteiger partial charge in [0.25, 0.3) is 0 Å². The first-order valence-corrected chi connectivity index (χ1v) is 9.40. The summed E-state index contributed by atoms with van der Waals surface area (Å²) in [5, 5.41) is 0. The van der Waals surface area contributed by atoms with Gasteiger partial charge in [-0.3, -0.25) is 0 Å². The van der Waals surface area contributed by atoms with Gasteiger partial charge in [-0.2, -0.15) is 4.31 Å². The topological polar surface area (TPSA) is 55.8 Å². The molecule has 116 valence electrons. The smallest absolute Gasteiger partial charge is 0.243 e. The predicted molar refractivity (Wildman–Crippen MR) is 82.1 cm³/mol. The van der Waals surface area contributed by atoms with Gasteiger partial charge >= 0.3 is 0 Å². The fraction of sp³-hybridized carbons (Fsp3) is 0.571. The van der Waals surface area contributed by atoms with Gasteiger partial charge in [0, 0.05) is 18.8 Å². The fourth-order valence-electron chi connectivity index (χ4n) is 2.75. The summed E-state index contributed by atoms with van der Waals surface area (Å²) in [6, 6.07) is 6.54. The largest absolute Gasteiger partial charge is 0.497 e. The molecule has 2 aliphatic heterocycles. The van der Waals surface area contributed by atoms with Crippen molar-refractivity contribution >= 4 is 21.8 Å². The van der Waals surface area contributed by atoms with Gasteiger partial charge in [-0.1, -0.05) is 0 Å². The summed E-state index contributed by atoms with van der Waals surface area (Å²) >= 11 is 1.82. The van der Waals surface area contributed by atoms with Crippen molar-refractivity contribution in [3.63, 3.8) is 0 Å². The number of rotatable bonds is 3. The number of methoxy groups -OCH3 is 1. The van der Waals surface area contributed by atoms with Crippen molar-refractivity contribution in [1.82, 2.24) is 4.31 Å². The average molecular weight is 329 g/mol. The van der Waals surface area contributed by atoms with Crippen LogP contribution in [0, 0.1) is 0 Å². The van der Waals surface area contributed by atoms with Crippen molar-refractivity contribution in [2.24, 2.45) is 0 Å². The van der Waals surface area contributed by atoms with Crippen LogP contribution in [0.1, 0.15) is 12.8 Å². The quantitative estimate of drug-likeness (QED) is 0.848. The first-order chi connectivity index (χ1) is 10.1. The molecule has 0 amide bonds. The van der Waals surface area contributed by atoms with Gasteiger partial charge in [0.2, 0.25) is 10.0 Å². The molecule has 0 radical (unpaired) electrons. The molecule has 2 fully saturated rings. The zero-order chi connectivity index (χ0) is 14.9. The van der Waals surface area contributed by atoms with Crippen LogP contribution in [-0.2, 0) is 14.8 Å². The lowest BCUT2D eigenvalue weighted by Gasteiger charge is -2.37. The van der Waals surface area contributed by atoms with Gasteiger partial charge < -0.3 is 9.47 Å². The number of hydrogen-bond donors (Lipinski definition) is 0. The van der Waals surface area contributed by atoms with E-state index in [1.807, 2.05) is 11.8 Å². The molecule has 0 bridgehead atoms. The Balaban J connectivity index is 1.73. The number of sulfonamides is 1. The van der Waals surface area contributed by atoms with Crippen LogP contribution in [0.4, 0.5) is 0 Å². The molecule has 0 saturated carbocycles. The monoisotopic (exact) mass is 329 g/mol. The first-order valence-electron chi connectivity index (χ1n) is 6.98. The number of piperidine rings is 1. The Morgan fingerprint density at radius 1 is 1.24 bits per heavy atom. The van der Waals surface area contributed by atoms with E-state index in [0.29, 0.717) is 23.7 Å². The number of benzene rings is 1. The van der Waals surface area contributed by atoms with Crippen molar-refractivity contribution in [1.29, 1.82) is 0 Å². The summed E-state index contributed by atoms with van der Waals surface area (Å²) < 4.78 is 37.7. The van der Waals surface area contributed by atoms with Crippen molar-refractivity contribution in [3.05, 3.63) is 24.3 Å². The molecule has 21 heavy (non-hydrogen) atoms. The zero-order valence-electron chi connectivity index (χ0n) is 11.9. The molecule has 2 aliphatic rings. The second-order valence-electron chi connectivity index (χ2n) is 5.19. The average Bonchev–Trinajstić information content (AvgIpc) is 2.96. The summed E-state index contributed by atoms with van der Waals surface area (Å²) in [6.07, 6.45) is 1.51. The second kappa shape index (κ2) is 5.79. The van der Waals surface area contributed by atoms with E-state index < -0.39 is 10.0 Å². The third kappa shape index (κ3) is 2.92. The zero-order valence-corrected chi connectivity index (χ0v) is 13.6. The van der Waals surface area contributed by atoms with E-state index >= 15 is 0 Å². The van der Waals surface area contributed by atoms with Gasteiger partial charge in [0.15, 0.2) is 0 Å². The van der Waals surface area contributed by atoms with Crippen LogP contribution in [-0.4, -0.2) is 50.2 Å². The normalized spacial score (nSPS) is 22.5. The molecule has 1 aromatic carbocycles. The Morgan fingerprint density at radius 3 is 2.43 bits per heavy atom. The lowest BCUT2D eigenvalue weighted by molar-refractivity contribution is 0.0162. The maximum absolute atomic E-state index is 12.6. The molecule has 2 heterocycles. The molecule has 5 nitrogen and oxygen atoms in total. The van der Waals surface area contributed by atoms with Gasteiger partial charge in [-0.15, -0.1) is 11.8 Å². The highest BCUT2D eigenvalue weighted by Crippen LogP contribution is 2.42. The van der Waals surface area contributed by atoms with Gasteiger partial charge in [0.1, 0.15) is 10.7 Å². The SMILES string of the molecule is COc1ccc(S(=O)(=O)N2CCC3(CC2)OCCS3)cc1. The summed E-state index contributed by atoms with van der Waals surface area (Å²) in [4.78, 5) is 0.172. The molecule has 0 unspecified atom stereocenters. The summed E-state index contributed by atoms with van der Waals surface area (Å²) in [5.74, 6) is 1.66. The van der Waals surface area contributed by atoms with Crippen LogP contribution in [0.3, 0.4) is 0 Å². The summed E-state index contributed by atoms with van der Waals surface area (Å²) in [7, 11) is -1.86. The molecule has 2 saturated heterocycles. The highest BCUT2D eigenvalue weighted by atomic mass is 32.2. The van der Waals surface area contributed by atoms with Crippen LogP contribution in [0.2, 0.25) is 0 Å². The maximum Gasteiger partial charge on any atom is 0.243 e. The van der Waals surface area contributed by atoms with E-state index in [2.05, 4.69) is 0 Å². The minimum absolute atomic E-state index is 0.147. The van der Waals surface area contributed by atoms with Gasteiger partial charge in [-0.25, -0.2) is 8.42 Å². The number of ether oxygens (including phenoxy) is 2. The summed E-state index contributed by atoms with van der Waals surface area (Å²) in [6.45, 7) is 1.80. The van der Waals surface area contributed by atoms with Crippen molar-refractivity contribution < 1.29 is 17.9 Å².